The van der Waals surface area contributed by atoms with Crippen molar-refractivity contribution >= 4 is 11.8 Å². The van der Waals surface area contributed by atoms with Crippen molar-refractivity contribution in [3.63, 3.8) is 0 Å². The monoisotopic (exact) mass is 394 g/mol. The number of likely N-dealkylation sites (tertiary alicyclic amines) is 1. The quantitative estimate of drug-likeness (QED) is 0.800. The second-order valence-electron chi connectivity index (χ2n) is 7.47. The lowest BCUT2D eigenvalue weighted by Crippen LogP contribution is -2.67. The highest BCUT2D eigenvalue weighted by Crippen LogP contribution is 2.42. The first-order chi connectivity index (χ1) is 14.1. The standard InChI is InChI=1S/C23H26N2O4/c1-3-28-19-12-8-7-11-18(19)22(27)25-14-13-23(17-9-5-4-6-10-17)20(15-25)29-16-21(26)24(23)2/h4-12,20H,3,13-16H2,1-2H3/t20-,23+/m1/s1. The fourth-order valence-corrected chi connectivity index (χ4v) is 4.50. The molecule has 2 fully saturated rings. The van der Waals surface area contributed by atoms with Gasteiger partial charge in [0.2, 0.25) is 5.91 Å². The number of benzene rings is 2. The van der Waals surface area contributed by atoms with Crippen LogP contribution in [-0.2, 0) is 15.1 Å². The molecule has 0 radical (unpaired) electrons. The maximum absolute atomic E-state index is 13.3. The number of morpholine rings is 1. The van der Waals surface area contributed by atoms with Crippen LogP contribution in [0.5, 0.6) is 5.75 Å². The van der Waals surface area contributed by atoms with Gasteiger partial charge >= 0.3 is 0 Å². The number of fused-ring (bicyclic) bond motifs is 1. The highest BCUT2D eigenvalue weighted by atomic mass is 16.5. The Hall–Kier alpha value is -2.86. The van der Waals surface area contributed by atoms with E-state index in [1.807, 2.05) is 72.3 Å². The Labute approximate surface area is 171 Å². The molecule has 2 atom stereocenters. The van der Waals surface area contributed by atoms with Crippen LogP contribution >= 0.6 is 0 Å². The molecule has 2 saturated heterocycles. The lowest BCUT2D eigenvalue weighted by molar-refractivity contribution is -0.180. The summed E-state index contributed by atoms with van der Waals surface area (Å²) in [4.78, 5) is 29.4. The number of piperidine rings is 1. The molecule has 6 heteroatoms. The molecule has 2 aliphatic heterocycles. The first-order valence-corrected chi connectivity index (χ1v) is 10.0. The van der Waals surface area contributed by atoms with Crippen LogP contribution in [0.25, 0.3) is 0 Å². The minimum Gasteiger partial charge on any atom is -0.493 e. The predicted molar refractivity (Wildman–Crippen MR) is 109 cm³/mol. The molecule has 152 valence electrons. The van der Waals surface area contributed by atoms with Gasteiger partial charge in [-0.2, -0.15) is 0 Å². The SMILES string of the molecule is CCOc1ccccc1C(=O)N1CC[C@]2(c3ccccc3)[C@@H](C1)OCC(=O)N2C. The van der Waals surface area contributed by atoms with E-state index in [2.05, 4.69) is 0 Å². The van der Waals surface area contributed by atoms with Gasteiger partial charge in [-0.3, -0.25) is 9.59 Å². The fourth-order valence-electron chi connectivity index (χ4n) is 4.50. The van der Waals surface area contributed by atoms with Crippen molar-refractivity contribution in [2.75, 3.05) is 33.4 Å². The van der Waals surface area contributed by atoms with Crippen LogP contribution in [0.2, 0.25) is 0 Å². The van der Waals surface area contributed by atoms with Crippen molar-refractivity contribution < 1.29 is 19.1 Å². The molecule has 2 aromatic rings. The Morgan fingerprint density at radius 2 is 1.90 bits per heavy atom. The molecule has 2 heterocycles. The van der Waals surface area contributed by atoms with E-state index in [-0.39, 0.29) is 24.5 Å². The highest BCUT2D eigenvalue weighted by molar-refractivity contribution is 5.97. The van der Waals surface area contributed by atoms with Crippen LogP contribution in [0, 0.1) is 0 Å². The first kappa shape index (κ1) is 19.5. The summed E-state index contributed by atoms with van der Waals surface area (Å²) in [6.45, 7) is 3.39. The Balaban J connectivity index is 1.64. The van der Waals surface area contributed by atoms with Crippen LogP contribution in [0.4, 0.5) is 0 Å². The molecular weight excluding hydrogens is 368 g/mol. The maximum Gasteiger partial charge on any atom is 0.257 e. The number of nitrogens with zero attached hydrogens (tertiary/aromatic N) is 2. The lowest BCUT2D eigenvalue weighted by Gasteiger charge is -2.54. The molecule has 2 aromatic carbocycles. The third kappa shape index (κ3) is 3.27. The number of likely N-dealkylation sites (N-methyl/N-ethyl adjacent to an activating group) is 1. The number of rotatable bonds is 4. The van der Waals surface area contributed by atoms with Gasteiger partial charge in [0.1, 0.15) is 18.5 Å². The number of para-hydroxylation sites is 1. The van der Waals surface area contributed by atoms with Gasteiger partial charge in [-0.05, 0) is 31.0 Å². The van der Waals surface area contributed by atoms with Crippen LogP contribution < -0.4 is 4.74 Å². The normalized spacial score (nSPS) is 24.2. The fraction of sp³-hybridized carbons (Fsp3) is 0.391. The van der Waals surface area contributed by atoms with Gasteiger partial charge in [-0.25, -0.2) is 0 Å². The molecule has 2 amide bonds. The zero-order chi connectivity index (χ0) is 20.4. The summed E-state index contributed by atoms with van der Waals surface area (Å²) in [5, 5.41) is 0. The average Bonchev–Trinajstić information content (AvgIpc) is 2.77. The van der Waals surface area contributed by atoms with Crippen LogP contribution in [0.1, 0.15) is 29.3 Å². The molecule has 0 bridgehead atoms. The number of carbonyl (C=O) groups is 2. The molecule has 0 aliphatic carbocycles. The third-order valence-electron chi connectivity index (χ3n) is 6.04. The van der Waals surface area contributed by atoms with Crippen LogP contribution in [0.3, 0.4) is 0 Å². The molecule has 4 rings (SSSR count). The molecule has 0 unspecified atom stereocenters. The van der Waals surface area contributed by atoms with Crippen molar-refractivity contribution in [1.29, 1.82) is 0 Å². The van der Waals surface area contributed by atoms with Gasteiger partial charge in [0.05, 0.1) is 17.7 Å². The second-order valence-corrected chi connectivity index (χ2v) is 7.47. The summed E-state index contributed by atoms with van der Waals surface area (Å²) in [7, 11) is 1.84. The number of ether oxygens (including phenoxy) is 2. The summed E-state index contributed by atoms with van der Waals surface area (Å²) in [5.41, 5.74) is 1.04. The van der Waals surface area contributed by atoms with E-state index in [1.54, 1.807) is 6.07 Å². The van der Waals surface area contributed by atoms with Crippen molar-refractivity contribution in [3.8, 4) is 5.75 Å². The highest BCUT2D eigenvalue weighted by Gasteiger charge is 2.53. The largest absolute Gasteiger partial charge is 0.493 e. The van der Waals surface area contributed by atoms with E-state index in [1.165, 1.54) is 0 Å². The van der Waals surface area contributed by atoms with Gasteiger partial charge in [0.15, 0.2) is 0 Å². The van der Waals surface area contributed by atoms with Gasteiger partial charge in [-0.1, -0.05) is 42.5 Å². The molecule has 0 spiro atoms. The van der Waals surface area contributed by atoms with E-state index < -0.39 is 5.54 Å². The summed E-state index contributed by atoms with van der Waals surface area (Å²) in [5.74, 6) is 0.488. The Kier molecular flexibility index (Phi) is 5.28. The molecular formula is C23H26N2O4. The topological polar surface area (TPSA) is 59.1 Å². The molecule has 2 aliphatic rings. The second kappa shape index (κ2) is 7.87. The van der Waals surface area contributed by atoms with E-state index in [0.29, 0.717) is 37.4 Å². The molecule has 29 heavy (non-hydrogen) atoms. The van der Waals surface area contributed by atoms with E-state index in [4.69, 9.17) is 9.47 Å². The Morgan fingerprint density at radius 1 is 1.17 bits per heavy atom. The van der Waals surface area contributed by atoms with Gasteiger partial charge in [0, 0.05) is 20.1 Å². The summed E-state index contributed by atoms with van der Waals surface area (Å²) in [6.07, 6.45) is 0.330. The summed E-state index contributed by atoms with van der Waals surface area (Å²) < 4.78 is 11.6. The smallest absolute Gasteiger partial charge is 0.257 e. The zero-order valence-electron chi connectivity index (χ0n) is 16.8. The van der Waals surface area contributed by atoms with Crippen LogP contribution in [-0.4, -0.2) is 61.1 Å². The molecule has 0 aromatic heterocycles. The first-order valence-electron chi connectivity index (χ1n) is 10.0. The van der Waals surface area contributed by atoms with Crippen LogP contribution in [0.15, 0.2) is 54.6 Å². The number of hydrogen-bond acceptors (Lipinski definition) is 4. The van der Waals surface area contributed by atoms with Crippen molar-refractivity contribution in [1.82, 2.24) is 9.80 Å². The molecule has 0 N–H and O–H groups in total. The zero-order valence-corrected chi connectivity index (χ0v) is 16.8. The van der Waals surface area contributed by atoms with E-state index in [9.17, 15) is 9.59 Å². The van der Waals surface area contributed by atoms with E-state index >= 15 is 0 Å². The van der Waals surface area contributed by atoms with Crippen molar-refractivity contribution in [2.24, 2.45) is 0 Å². The Morgan fingerprint density at radius 3 is 2.66 bits per heavy atom. The number of carbonyl (C=O) groups excluding carboxylic acids is 2. The number of amides is 2. The predicted octanol–water partition coefficient (Wildman–Crippen LogP) is 2.68. The minimum atomic E-state index is -0.563. The average molecular weight is 394 g/mol. The van der Waals surface area contributed by atoms with E-state index in [0.717, 1.165) is 5.56 Å². The number of hydrogen-bond donors (Lipinski definition) is 0. The van der Waals surface area contributed by atoms with Gasteiger partial charge in [0.25, 0.3) is 5.91 Å². The molecule has 0 saturated carbocycles. The lowest BCUT2D eigenvalue weighted by atomic mass is 9.76. The minimum absolute atomic E-state index is 0.0350. The third-order valence-corrected chi connectivity index (χ3v) is 6.04. The Bertz CT molecular complexity index is 901. The van der Waals surface area contributed by atoms with Crippen molar-refractivity contribution in [3.05, 3.63) is 65.7 Å². The maximum atomic E-state index is 13.3. The van der Waals surface area contributed by atoms with Crippen molar-refractivity contribution in [2.45, 2.75) is 25.0 Å². The summed E-state index contributed by atoms with van der Waals surface area (Å²) in [6, 6.07) is 17.3. The van der Waals surface area contributed by atoms with Gasteiger partial charge in [-0.15, -0.1) is 0 Å². The van der Waals surface area contributed by atoms with Gasteiger partial charge < -0.3 is 19.3 Å². The summed E-state index contributed by atoms with van der Waals surface area (Å²) >= 11 is 0. The molecule has 6 nitrogen and oxygen atoms in total.